The van der Waals surface area contributed by atoms with Crippen molar-refractivity contribution in [2.24, 2.45) is 5.41 Å². The average Bonchev–Trinajstić information content (AvgIpc) is 2.43. The van der Waals surface area contributed by atoms with Gasteiger partial charge in [-0.05, 0) is 44.5 Å². The van der Waals surface area contributed by atoms with E-state index < -0.39 is 0 Å². The van der Waals surface area contributed by atoms with Crippen molar-refractivity contribution in [3.8, 4) is 5.75 Å². The quantitative estimate of drug-likeness (QED) is 0.881. The first-order valence-corrected chi connectivity index (χ1v) is 7.21. The Morgan fingerprint density at radius 1 is 1.35 bits per heavy atom. The monoisotopic (exact) mass is 276 g/mol. The maximum absolute atomic E-state index is 12.0. The lowest BCUT2D eigenvalue weighted by Gasteiger charge is -2.37. The molecular weight excluding hydrogens is 252 g/mol. The number of hydrogen-bond donors (Lipinski definition) is 2. The topological polar surface area (TPSA) is 52.6 Å². The normalized spacial score (nSPS) is 18.7. The molecular formula is C16H24N2O2. The summed E-state index contributed by atoms with van der Waals surface area (Å²) in [4.78, 5) is 14.3. The van der Waals surface area contributed by atoms with Crippen LogP contribution in [-0.2, 0) is 11.2 Å². The second kappa shape index (κ2) is 6.27. The number of piperidine rings is 1. The number of nitrogens with zero attached hydrogens (tertiary/aromatic N) is 1. The summed E-state index contributed by atoms with van der Waals surface area (Å²) in [5.74, 6) is 0.166. The Morgan fingerprint density at radius 3 is 2.65 bits per heavy atom. The smallest absolute Gasteiger partial charge is 0.224 e. The molecule has 0 unspecified atom stereocenters. The first-order valence-electron chi connectivity index (χ1n) is 7.21. The van der Waals surface area contributed by atoms with Crippen molar-refractivity contribution in [3.05, 3.63) is 29.8 Å². The molecule has 20 heavy (non-hydrogen) atoms. The van der Waals surface area contributed by atoms with Crippen LogP contribution in [0.3, 0.4) is 0 Å². The SMILES string of the molecule is CN1CCC(C)(CNC(=O)Cc2ccccc2O)CC1. The zero-order valence-electron chi connectivity index (χ0n) is 12.4. The number of aromatic hydroxyl groups is 1. The van der Waals surface area contributed by atoms with Crippen LogP contribution < -0.4 is 5.32 Å². The first kappa shape index (κ1) is 14.9. The Kier molecular flexibility index (Phi) is 4.65. The van der Waals surface area contributed by atoms with Gasteiger partial charge >= 0.3 is 0 Å². The molecule has 1 aliphatic rings. The molecule has 1 heterocycles. The van der Waals surface area contributed by atoms with Gasteiger partial charge in [0.1, 0.15) is 5.75 Å². The lowest BCUT2D eigenvalue weighted by molar-refractivity contribution is -0.121. The Hall–Kier alpha value is -1.55. The molecule has 2 rings (SSSR count). The minimum absolute atomic E-state index is 0.0216. The van der Waals surface area contributed by atoms with E-state index in [0.717, 1.165) is 25.9 Å². The van der Waals surface area contributed by atoms with E-state index in [-0.39, 0.29) is 23.5 Å². The van der Waals surface area contributed by atoms with Crippen molar-refractivity contribution in [1.29, 1.82) is 0 Å². The molecule has 1 aromatic rings. The van der Waals surface area contributed by atoms with E-state index >= 15 is 0 Å². The van der Waals surface area contributed by atoms with Crippen LogP contribution >= 0.6 is 0 Å². The Morgan fingerprint density at radius 2 is 2.00 bits per heavy atom. The van der Waals surface area contributed by atoms with Gasteiger partial charge in [0.2, 0.25) is 5.91 Å². The zero-order valence-corrected chi connectivity index (χ0v) is 12.4. The van der Waals surface area contributed by atoms with Gasteiger partial charge in [-0.15, -0.1) is 0 Å². The summed E-state index contributed by atoms with van der Waals surface area (Å²) in [7, 11) is 2.14. The Bertz CT molecular complexity index is 465. The molecule has 4 heteroatoms. The molecule has 110 valence electrons. The molecule has 0 spiro atoms. The molecule has 0 aliphatic carbocycles. The number of carbonyl (C=O) groups is 1. The highest BCUT2D eigenvalue weighted by atomic mass is 16.3. The fourth-order valence-corrected chi connectivity index (χ4v) is 2.54. The van der Waals surface area contributed by atoms with Crippen LogP contribution in [0, 0.1) is 5.41 Å². The fraction of sp³-hybridized carbons (Fsp3) is 0.562. The van der Waals surface area contributed by atoms with Crippen LogP contribution in [0.25, 0.3) is 0 Å². The molecule has 1 aromatic carbocycles. The lowest BCUT2D eigenvalue weighted by Crippen LogP contribution is -2.43. The first-order chi connectivity index (χ1) is 9.48. The number of para-hydroxylation sites is 1. The minimum Gasteiger partial charge on any atom is -0.508 e. The van der Waals surface area contributed by atoms with Gasteiger partial charge < -0.3 is 15.3 Å². The molecule has 1 amide bonds. The van der Waals surface area contributed by atoms with E-state index in [0.29, 0.717) is 12.1 Å². The standard InChI is InChI=1S/C16H24N2O2/c1-16(7-9-18(2)10-8-16)12-17-15(20)11-13-5-3-4-6-14(13)19/h3-6,19H,7-12H2,1-2H3,(H,17,20). The van der Waals surface area contributed by atoms with Crippen LogP contribution in [-0.4, -0.2) is 42.6 Å². The third kappa shape index (κ3) is 3.97. The maximum atomic E-state index is 12.0. The van der Waals surface area contributed by atoms with Crippen molar-refractivity contribution in [2.45, 2.75) is 26.2 Å². The Balaban J connectivity index is 1.82. The third-order valence-corrected chi connectivity index (χ3v) is 4.25. The number of amides is 1. The van der Waals surface area contributed by atoms with E-state index in [1.54, 1.807) is 18.2 Å². The number of carbonyl (C=O) groups excluding carboxylic acids is 1. The van der Waals surface area contributed by atoms with Gasteiger partial charge in [0, 0.05) is 12.1 Å². The van der Waals surface area contributed by atoms with E-state index in [1.807, 2.05) is 6.07 Å². The predicted octanol–water partition coefficient (Wildman–Crippen LogP) is 1.78. The minimum atomic E-state index is -0.0216. The molecule has 0 atom stereocenters. The van der Waals surface area contributed by atoms with Gasteiger partial charge in [-0.1, -0.05) is 25.1 Å². The summed E-state index contributed by atoms with van der Waals surface area (Å²) in [5, 5.41) is 12.7. The third-order valence-electron chi connectivity index (χ3n) is 4.25. The summed E-state index contributed by atoms with van der Waals surface area (Å²) < 4.78 is 0. The number of nitrogens with one attached hydrogen (secondary N) is 1. The predicted molar refractivity (Wildman–Crippen MR) is 79.7 cm³/mol. The molecule has 4 nitrogen and oxygen atoms in total. The van der Waals surface area contributed by atoms with Crippen molar-refractivity contribution in [2.75, 3.05) is 26.7 Å². The number of phenolic OH excluding ortho intramolecular Hbond substituents is 1. The van der Waals surface area contributed by atoms with E-state index in [9.17, 15) is 9.90 Å². The van der Waals surface area contributed by atoms with Gasteiger partial charge in [0.25, 0.3) is 0 Å². The zero-order chi connectivity index (χ0) is 14.6. The number of hydrogen-bond acceptors (Lipinski definition) is 3. The summed E-state index contributed by atoms with van der Waals surface area (Å²) in [5.41, 5.74) is 0.875. The van der Waals surface area contributed by atoms with Crippen LogP contribution in [0.4, 0.5) is 0 Å². The highest BCUT2D eigenvalue weighted by Gasteiger charge is 2.29. The van der Waals surface area contributed by atoms with Crippen molar-refractivity contribution in [1.82, 2.24) is 10.2 Å². The summed E-state index contributed by atoms with van der Waals surface area (Å²) >= 11 is 0. The molecule has 1 aliphatic heterocycles. The van der Waals surface area contributed by atoms with Crippen LogP contribution in [0.5, 0.6) is 5.75 Å². The van der Waals surface area contributed by atoms with E-state index in [2.05, 4.69) is 24.2 Å². The molecule has 0 aromatic heterocycles. The van der Waals surface area contributed by atoms with Crippen molar-refractivity contribution in [3.63, 3.8) is 0 Å². The highest BCUT2D eigenvalue weighted by molar-refractivity contribution is 5.79. The summed E-state index contributed by atoms with van der Waals surface area (Å²) in [6.45, 7) is 5.13. The summed E-state index contributed by atoms with van der Waals surface area (Å²) in [6.07, 6.45) is 2.46. The molecule has 0 bridgehead atoms. The molecule has 2 N–H and O–H groups in total. The van der Waals surface area contributed by atoms with Gasteiger partial charge in [-0.2, -0.15) is 0 Å². The summed E-state index contributed by atoms with van der Waals surface area (Å²) in [6, 6.07) is 6.99. The Labute approximate surface area is 120 Å². The van der Waals surface area contributed by atoms with Gasteiger partial charge in [-0.3, -0.25) is 4.79 Å². The largest absolute Gasteiger partial charge is 0.508 e. The lowest BCUT2D eigenvalue weighted by atomic mass is 9.80. The van der Waals surface area contributed by atoms with E-state index in [4.69, 9.17) is 0 Å². The van der Waals surface area contributed by atoms with Gasteiger partial charge in [0.05, 0.1) is 6.42 Å². The average molecular weight is 276 g/mol. The fourth-order valence-electron chi connectivity index (χ4n) is 2.54. The number of phenols is 1. The molecule has 0 saturated carbocycles. The van der Waals surface area contributed by atoms with Crippen LogP contribution in [0.15, 0.2) is 24.3 Å². The van der Waals surface area contributed by atoms with E-state index in [1.165, 1.54) is 0 Å². The molecule has 1 fully saturated rings. The number of benzene rings is 1. The van der Waals surface area contributed by atoms with Crippen molar-refractivity contribution >= 4 is 5.91 Å². The highest BCUT2D eigenvalue weighted by Crippen LogP contribution is 2.29. The molecule has 0 radical (unpaired) electrons. The molecule has 1 saturated heterocycles. The number of likely N-dealkylation sites (tertiary alicyclic amines) is 1. The van der Waals surface area contributed by atoms with Crippen molar-refractivity contribution < 1.29 is 9.90 Å². The van der Waals surface area contributed by atoms with Gasteiger partial charge in [-0.25, -0.2) is 0 Å². The van der Waals surface area contributed by atoms with Gasteiger partial charge in [0.15, 0.2) is 0 Å². The number of rotatable bonds is 4. The van der Waals surface area contributed by atoms with Crippen LogP contribution in [0.2, 0.25) is 0 Å². The second-order valence-corrected chi connectivity index (χ2v) is 6.20. The second-order valence-electron chi connectivity index (χ2n) is 6.20. The maximum Gasteiger partial charge on any atom is 0.224 e. The van der Waals surface area contributed by atoms with Crippen LogP contribution in [0.1, 0.15) is 25.3 Å².